The van der Waals surface area contributed by atoms with Gasteiger partial charge in [-0.1, -0.05) is 13.8 Å². The summed E-state index contributed by atoms with van der Waals surface area (Å²) in [6.45, 7) is 6.11. The van der Waals surface area contributed by atoms with Crippen molar-refractivity contribution in [2.24, 2.45) is 10.7 Å². The maximum atomic E-state index is 5.96. The summed E-state index contributed by atoms with van der Waals surface area (Å²) in [5, 5.41) is 13.5. The first-order chi connectivity index (χ1) is 12.1. The summed E-state index contributed by atoms with van der Waals surface area (Å²) < 4.78 is 11.3. The number of guanidine groups is 1. The lowest BCUT2D eigenvalue weighted by Crippen LogP contribution is -2.23. The van der Waals surface area contributed by atoms with Gasteiger partial charge in [-0.2, -0.15) is 0 Å². The number of nitrogens with one attached hydrogen (secondary N) is 1. The van der Waals surface area contributed by atoms with Crippen molar-refractivity contribution in [1.82, 2.24) is 10.2 Å². The molecule has 0 saturated heterocycles. The van der Waals surface area contributed by atoms with Gasteiger partial charge in [-0.05, 0) is 12.1 Å². The molecule has 1 aliphatic rings. The summed E-state index contributed by atoms with van der Waals surface area (Å²) >= 11 is 1.63. The molecule has 0 radical (unpaired) electrons. The Labute approximate surface area is 151 Å². The Morgan fingerprint density at radius 2 is 2.08 bits per heavy atom. The zero-order chi connectivity index (χ0) is 17.6. The van der Waals surface area contributed by atoms with E-state index in [0.29, 0.717) is 31.6 Å². The number of anilines is 1. The summed E-state index contributed by atoms with van der Waals surface area (Å²) in [5.74, 6) is 2.25. The summed E-state index contributed by atoms with van der Waals surface area (Å²) in [7, 11) is 0. The van der Waals surface area contributed by atoms with Gasteiger partial charge in [-0.15, -0.1) is 21.5 Å². The van der Waals surface area contributed by atoms with Crippen LogP contribution in [0.2, 0.25) is 0 Å². The molecule has 0 fully saturated rings. The van der Waals surface area contributed by atoms with Gasteiger partial charge in [0.1, 0.15) is 10.0 Å². The number of aromatic nitrogens is 2. The third kappa shape index (κ3) is 4.82. The second-order valence-corrected chi connectivity index (χ2v) is 7.14. The molecule has 0 aliphatic carbocycles. The van der Waals surface area contributed by atoms with Gasteiger partial charge in [0, 0.05) is 37.1 Å². The molecule has 3 N–H and O–H groups in total. The van der Waals surface area contributed by atoms with Crippen molar-refractivity contribution in [3.63, 3.8) is 0 Å². The van der Waals surface area contributed by atoms with E-state index in [1.54, 1.807) is 11.3 Å². The van der Waals surface area contributed by atoms with Gasteiger partial charge in [-0.3, -0.25) is 4.99 Å². The van der Waals surface area contributed by atoms with Crippen LogP contribution in [-0.2, 0) is 6.42 Å². The minimum atomic E-state index is 0.364. The number of rotatable bonds is 5. The van der Waals surface area contributed by atoms with Crippen LogP contribution in [0, 0.1) is 0 Å². The molecule has 0 amide bonds. The highest BCUT2D eigenvalue weighted by molar-refractivity contribution is 7.11. The van der Waals surface area contributed by atoms with Crippen molar-refractivity contribution in [1.29, 1.82) is 0 Å². The smallest absolute Gasteiger partial charge is 0.193 e. The number of fused-ring (bicyclic) bond motifs is 1. The van der Waals surface area contributed by atoms with Crippen LogP contribution < -0.4 is 20.5 Å². The van der Waals surface area contributed by atoms with Gasteiger partial charge in [0.15, 0.2) is 17.5 Å². The van der Waals surface area contributed by atoms with E-state index in [1.165, 1.54) is 0 Å². The summed E-state index contributed by atoms with van der Waals surface area (Å²) in [6.07, 6.45) is 1.61. The van der Waals surface area contributed by atoms with Crippen LogP contribution in [0.1, 0.15) is 36.2 Å². The van der Waals surface area contributed by atoms with Crippen LogP contribution in [0.4, 0.5) is 5.69 Å². The minimum Gasteiger partial charge on any atom is -0.490 e. The predicted octanol–water partition coefficient (Wildman–Crippen LogP) is 2.79. The Hall–Kier alpha value is -2.35. The largest absolute Gasteiger partial charge is 0.490 e. The lowest BCUT2D eigenvalue weighted by atomic mass is 10.2. The molecule has 8 heteroatoms. The number of nitrogens with two attached hydrogens (primary N) is 1. The fourth-order valence-corrected chi connectivity index (χ4v) is 3.14. The average Bonchev–Trinajstić information content (AvgIpc) is 2.93. The molecule has 0 unspecified atom stereocenters. The van der Waals surface area contributed by atoms with Gasteiger partial charge < -0.3 is 20.5 Å². The topological polar surface area (TPSA) is 94.7 Å². The third-order valence-electron chi connectivity index (χ3n) is 3.60. The molecule has 25 heavy (non-hydrogen) atoms. The summed E-state index contributed by atoms with van der Waals surface area (Å²) in [4.78, 5) is 4.35. The Morgan fingerprint density at radius 1 is 1.28 bits per heavy atom. The van der Waals surface area contributed by atoms with Crippen molar-refractivity contribution >= 4 is 23.0 Å². The lowest BCUT2D eigenvalue weighted by molar-refractivity contribution is 0.297. The number of hydrogen-bond acceptors (Lipinski definition) is 6. The van der Waals surface area contributed by atoms with Crippen molar-refractivity contribution in [3.05, 3.63) is 28.2 Å². The van der Waals surface area contributed by atoms with E-state index < -0.39 is 0 Å². The summed E-state index contributed by atoms with van der Waals surface area (Å²) in [6, 6.07) is 5.66. The Bertz CT molecular complexity index is 744. The normalized spacial score (nSPS) is 14.4. The third-order valence-corrected chi connectivity index (χ3v) is 4.89. The van der Waals surface area contributed by atoms with E-state index in [4.69, 9.17) is 15.2 Å². The molecule has 3 rings (SSSR count). The quantitative estimate of drug-likeness (QED) is 0.628. The lowest BCUT2D eigenvalue weighted by Gasteiger charge is -2.10. The van der Waals surface area contributed by atoms with Crippen molar-refractivity contribution < 1.29 is 9.47 Å². The van der Waals surface area contributed by atoms with Gasteiger partial charge in [-0.25, -0.2) is 0 Å². The van der Waals surface area contributed by atoms with Crippen LogP contribution in [0.5, 0.6) is 11.5 Å². The molecular formula is C17H23N5O2S. The molecule has 1 aromatic carbocycles. The van der Waals surface area contributed by atoms with Gasteiger partial charge >= 0.3 is 0 Å². The predicted molar refractivity (Wildman–Crippen MR) is 99.9 cm³/mol. The van der Waals surface area contributed by atoms with Crippen LogP contribution in [0.25, 0.3) is 0 Å². The number of ether oxygens (including phenoxy) is 2. The van der Waals surface area contributed by atoms with Crippen LogP contribution in [-0.4, -0.2) is 35.9 Å². The molecule has 0 bridgehead atoms. The van der Waals surface area contributed by atoms with Gasteiger partial charge in [0.05, 0.1) is 13.2 Å². The zero-order valence-electron chi connectivity index (χ0n) is 14.5. The summed E-state index contributed by atoms with van der Waals surface area (Å²) in [5.41, 5.74) is 6.79. The standard InChI is InChI=1S/C17H23N5O2S/c1-11(2)16-22-21-15(25-16)6-7-19-17(18)20-12-4-5-13-14(10-12)24-9-3-8-23-13/h4-5,10-11H,3,6-9H2,1-2H3,(H3,18,19,20). The fourth-order valence-electron chi connectivity index (χ4n) is 2.30. The maximum absolute atomic E-state index is 5.96. The number of benzene rings is 1. The maximum Gasteiger partial charge on any atom is 0.193 e. The molecule has 7 nitrogen and oxygen atoms in total. The van der Waals surface area contributed by atoms with E-state index in [9.17, 15) is 0 Å². The second kappa shape index (κ2) is 8.15. The first kappa shape index (κ1) is 17.5. The van der Waals surface area contributed by atoms with Gasteiger partial charge in [0.25, 0.3) is 0 Å². The van der Waals surface area contributed by atoms with Gasteiger partial charge in [0.2, 0.25) is 0 Å². The van der Waals surface area contributed by atoms with Crippen molar-refractivity contribution in [2.75, 3.05) is 25.1 Å². The van der Waals surface area contributed by atoms with E-state index in [1.807, 2.05) is 18.2 Å². The van der Waals surface area contributed by atoms with E-state index in [2.05, 4.69) is 34.4 Å². The van der Waals surface area contributed by atoms with Crippen molar-refractivity contribution in [3.8, 4) is 11.5 Å². The second-order valence-electron chi connectivity index (χ2n) is 6.04. The van der Waals surface area contributed by atoms with Crippen LogP contribution in [0.3, 0.4) is 0 Å². The van der Waals surface area contributed by atoms with Crippen LogP contribution >= 0.6 is 11.3 Å². The number of nitrogens with zero attached hydrogens (tertiary/aromatic N) is 3. The molecule has 2 aromatic rings. The minimum absolute atomic E-state index is 0.364. The molecule has 2 heterocycles. The molecular weight excluding hydrogens is 338 g/mol. The molecule has 0 saturated carbocycles. The SMILES string of the molecule is CC(C)c1nnc(CCN=C(N)Nc2ccc3c(c2)OCCCO3)s1. The van der Waals surface area contributed by atoms with E-state index in [0.717, 1.165) is 40.0 Å². The monoisotopic (exact) mass is 361 g/mol. The first-order valence-corrected chi connectivity index (χ1v) is 9.22. The molecule has 0 spiro atoms. The highest BCUT2D eigenvalue weighted by Gasteiger charge is 2.11. The highest BCUT2D eigenvalue weighted by Crippen LogP contribution is 2.32. The van der Waals surface area contributed by atoms with Crippen molar-refractivity contribution in [2.45, 2.75) is 32.6 Å². The zero-order valence-corrected chi connectivity index (χ0v) is 15.3. The Kier molecular flexibility index (Phi) is 5.70. The molecule has 134 valence electrons. The first-order valence-electron chi connectivity index (χ1n) is 8.40. The van der Waals surface area contributed by atoms with E-state index in [-0.39, 0.29) is 0 Å². The van der Waals surface area contributed by atoms with Crippen LogP contribution in [0.15, 0.2) is 23.2 Å². The molecule has 1 aromatic heterocycles. The number of hydrogen-bond donors (Lipinski definition) is 2. The van der Waals surface area contributed by atoms with E-state index >= 15 is 0 Å². The number of aliphatic imine (C=N–C) groups is 1. The Morgan fingerprint density at radius 3 is 2.84 bits per heavy atom. The Balaban J connectivity index is 1.55. The molecule has 1 aliphatic heterocycles. The fraction of sp³-hybridized carbons (Fsp3) is 0.471. The molecule has 0 atom stereocenters. The highest BCUT2D eigenvalue weighted by atomic mass is 32.1. The average molecular weight is 361 g/mol.